The lowest BCUT2D eigenvalue weighted by Crippen LogP contribution is -2.47. The quantitative estimate of drug-likeness (QED) is 0.472. The number of para-hydroxylation sites is 2. The van der Waals surface area contributed by atoms with Gasteiger partial charge in [0.2, 0.25) is 5.91 Å². The second-order valence-corrected chi connectivity index (χ2v) is 7.67. The molecule has 1 aliphatic rings. The minimum atomic E-state index is -0.518. The second kappa shape index (κ2) is 10.5. The maximum absolute atomic E-state index is 14.6. The molecule has 0 spiro atoms. The monoisotopic (exact) mass is 450 g/mol. The molecule has 0 bridgehead atoms. The smallest absolute Gasteiger partial charge is 0.292 e. The Balaban J connectivity index is 1.69. The van der Waals surface area contributed by atoms with Gasteiger partial charge in [0.15, 0.2) is 0 Å². The number of rotatable bonds is 8. The molecule has 2 aromatic carbocycles. The molecule has 0 saturated carbocycles. The summed E-state index contributed by atoms with van der Waals surface area (Å²) in [6.45, 7) is 3.54. The molecule has 0 aromatic heterocycles. The van der Waals surface area contributed by atoms with Crippen LogP contribution in [0.4, 0.5) is 15.8 Å². The van der Waals surface area contributed by atoms with Gasteiger partial charge in [-0.05, 0) is 25.1 Å². The fourth-order valence-electron chi connectivity index (χ4n) is 3.60. The molecule has 31 heavy (non-hydrogen) atoms. The van der Waals surface area contributed by atoms with Gasteiger partial charge in [-0.25, -0.2) is 4.39 Å². The van der Waals surface area contributed by atoms with E-state index in [4.69, 9.17) is 16.3 Å². The van der Waals surface area contributed by atoms with Crippen molar-refractivity contribution in [3.05, 3.63) is 69.0 Å². The fraction of sp³-hybridized carbons (Fsp3) is 0.381. The molecule has 8 nitrogen and oxygen atoms in total. The van der Waals surface area contributed by atoms with Crippen molar-refractivity contribution in [2.45, 2.75) is 19.1 Å². The number of morpholine rings is 1. The Bertz CT molecular complexity index is 925. The summed E-state index contributed by atoms with van der Waals surface area (Å²) in [6.07, 6.45) is -0.0298. The van der Waals surface area contributed by atoms with Gasteiger partial charge in [0, 0.05) is 36.3 Å². The summed E-state index contributed by atoms with van der Waals surface area (Å²) in [5.41, 5.74) is 0.456. The van der Waals surface area contributed by atoms with Gasteiger partial charge >= 0.3 is 0 Å². The van der Waals surface area contributed by atoms with Crippen molar-refractivity contribution in [2.24, 2.45) is 0 Å². The lowest BCUT2D eigenvalue weighted by molar-refractivity contribution is -0.383. The number of anilines is 1. The van der Waals surface area contributed by atoms with Gasteiger partial charge in [-0.15, -0.1) is 0 Å². The van der Waals surface area contributed by atoms with Crippen LogP contribution in [0.1, 0.15) is 18.5 Å². The first kappa shape index (κ1) is 22.9. The predicted molar refractivity (Wildman–Crippen MR) is 116 cm³/mol. The van der Waals surface area contributed by atoms with E-state index >= 15 is 0 Å². The number of hydrogen-bond acceptors (Lipinski definition) is 6. The highest BCUT2D eigenvalue weighted by molar-refractivity contribution is 6.31. The van der Waals surface area contributed by atoms with E-state index in [1.807, 2.05) is 11.8 Å². The first-order chi connectivity index (χ1) is 14.9. The van der Waals surface area contributed by atoms with Crippen molar-refractivity contribution < 1.29 is 18.8 Å². The number of amides is 1. The first-order valence-electron chi connectivity index (χ1n) is 9.90. The van der Waals surface area contributed by atoms with Crippen LogP contribution in [0.2, 0.25) is 5.02 Å². The molecule has 0 aliphatic carbocycles. The Kier molecular flexibility index (Phi) is 7.78. The average molecular weight is 451 g/mol. The van der Waals surface area contributed by atoms with Crippen LogP contribution in [0.3, 0.4) is 0 Å². The molecule has 0 radical (unpaired) electrons. The standard InChI is InChI=1S/C21H24ClFN4O4/c1-14-13-26(9-10-31-14)19(21-15(22)5-4-6-16(21)23)11-25-20(28)12-24-17-7-2-3-8-18(17)27(29)30/h2-8,14,19,24H,9-13H2,1H3,(H,25,28). The van der Waals surface area contributed by atoms with E-state index in [-0.39, 0.29) is 41.5 Å². The molecule has 1 aliphatic heterocycles. The number of nitro benzene ring substituents is 1. The fourth-order valence-corrected chi connectivity index (χ4v) is 3.89. The topological polar surface area (TPSA) is 96.7 Å². The lowest BCUT2D eigenvalue weighted by Gasteiger charge is -2.38. The SMILES string of the molecule is CC1CN(C(CNC(=O)CNc2ccccc2[N+](=O)[O-])c2c(F)cccc2Cl)CCO1. The van der Waals surface area contributed by atoms with Crippen LogP contribution >= 0.6 is 11.6 Å². The van der Waals surface area contributed by atoms with Gasteiger partial charge in [-0.2, -0.15) is 0 Å². The van der Waals surface area contributed by atoms with Crippen LogP contribution in [0, 0.1) is 15.9 Å². The van der Waals surface area contributed by atoms with E-state index in [0.717, 1.165) is 0 Å². The van der Waals surface area contributed by atoms with E-state index in [1.165, 1.54) is 24.3 Å². The highest BCUT2D eigenvalue weighted by Gasteiger charge is 2.29. The maximum atomic E-state index is 14.6. The Morgan fingerprint density at radius 3 is 2.84 bits per heavy atom. The summed E-state index contributed by atoms with van der Waals surface area (Å²) < 4.78 is 20.2. The number of hydrogen-bond donors (Lipinski definition) is 2. The Morgan fingerprint density at radius 1 is 1.35 bits per heavy atom. The van der Waals surface area contributed by atoms with Crippen molar-refractivity contribution in [3.63, 3.8) is 0 Å². The minimum Gasteiger partial charge on any atom is -0.376 e. The average Bonchev–Trinajstić information content (AvgIpc) is 2.74. The van der Waals surface area contributed by atoms with Gasteiger partial charge in [0.1, 0.15) is 11.5 Å². The van der Waals surface area contributed by atoms with E-state index in [2.05, 4.69) is 10.6 Å². The van der Waals surface area contributed by atoms with E-state index < -0.39 is 16.8 Å². The van der Waals surface area contributed by atoms with Crippen molar-refractivity contribution in [1.82, 2.24) is 10.2 Å². The number of nitrogens with one attached hydrogen (secondary N) is 2. The van der Waals surface area contributed by atoms with Crippen LogP contribution < -0.4 is 10.6 Å². The molecule has 166 valence electrons. The molecule has 2 N–H and O–H groups in total. The number of benzene rings is 2. The molecule has 3 rings (SSSR count). The lowest BCUT2D eigenvalue weighted by atomic mass is 10.0. The number of halogens is 2. The second-order valence-electron chi connectivity index (χ2n) is 7.26. The van der Waals surface area contributed by atoms with Crippen molar-refractivity contribution >= 4 is 28.9 Å². The van der Waals surface area contributed by atoms with Crippen LogP contribution in [0.25, 0.3) is 0 Å². The van der Waals surface area contributed by atoms with Crippen molar-refractivity contribution in [1.29, 1.82) is 0 Å². The molecular formula is C21H24ClFN4O4. The van der Waals surface area contributed by atoms with E-state index in [0.29, 0.717) is 25.3 Å². The normalized spacial score (nSPS) is 17.7. The van der Waals surface area contributed by atoms with E-state index in [1.54, 1.807) is 18.2 Å². The molecule has 1 saturated heterocycles. The third-order valence-corrected chi connectivity index (χ3v) is 5.41. The summed E-state index contributed by atoms with van der Waals surface area (Å²) in [4.78, 5) is 25.1. The summed E-state index contributed by atoms with van der Waals surface area (Å²) in [7, 11) is 0. The third kappa shape index (κ3) is 5.90. The Morgan fingerprint density at radius 2 is 2.13 bits per heavy atom. The minimum absolute atomic E-state index is 0.0298. The highest BCUT2D eigenvalue weighted by Crippen LogP contribution is 2.31. The van der Waals surface area contributed by atoms with Gasteiger partial charge in [0.05, 0.1) is 30.2 Å². The van der Waals surface area contributed by atoms with Gasteiger partial charge < -0.3 is 15.4 Å². The van der Waals surface area contributed by atoms with Gasteiger partial charge in [0.25, 0.3) is 5.69 Å². The highest BCUT2D eigenvalue weighted by atomic mass is 35.5. The maximum Gasteiger partial charge on any atom is 0.292 e. The zero-order valence-electron chi connectivity index (χ0n) is 17.0. The number of nitrogens with zero attached hydrogens (tertiary/aromatic N) is 2. The Hall–Kier alpha value is -2.75. The summed E-state index contributed by atoms with van der Waals surface area (Å²) in [6, 6.07) is 10.1. The first-order valence-corrected chi connectivity index (χ1v) is 10.3. The molecule has 2 aromatic rings. The number of carbonyl (C=O) groups excluding carboxylic acids is 1. The Labute approximate surface area is 184 Å². The molecule has 2 unspecified atom stereocenters. The van der Waals surface area contributed by atoms with Crippen molar-refractivity contribution in [2.75, 3.05) is 38.1 Å². The molecule has 2 atom stereocenters. The van der Waals surface area contributed by atoms with Crippen molar-refractivity contribution in [3.8, 4) is 0 Å². The summed E-state index contributed by atoms with van der Waals surface area (Å²) in [5, 5.41) is 17.0. The molecule has 1 heterocycles. The molecule has 1 amide bonds. The third-order valence-electron chi connectivity index (χ3n) is 5.08. The van der Waals surface area contributed by atoms with Crippen LogP contribution in [-0.4, -0.2) is 54.6 Å². The number of ether oxygens (including phenoxy) is 1. The van der Waals surface area contributed by atoms with E-state index in [9.17, 15) is 19.3 Å². The molecule has 10 heteroatoms. The number of carbonyl (C=O) groups is 1. The largest absolute Gasteiger partial charge is 0.376 e. The van der Waals surface area contributed by atoms with Gasteiger partial charge in [-0.3, -0.25) is 19.8 Å². The predicted octanol–water partition coefficient (Wildman–Crippen LogP) is 3.38. The van der Waals surface area contributed by atoms with Gasteiger partial charge in [-0.1, -0.05) is 29.8 Å². The summed E-state index contributed by atoms with van der Waals surface area (Å²) >= 11 is 6.30. The number of nitro groups is 1. The zero-order valence-corrected chi connectivity index (χ0v) is 17.8. The van der Waals surface area contributed by atoms with Crippen LogP contribution in [0.5, 0.6) is 0 Å². The molecular weight excluding hydrogens is 427 g/mol. The zero-order chi connectivity index (χ0) is 22.4. The summed E-state index contributed by atoms with van der Waals surface area (Å²) in [5.74, 6) is -0.819. The van der Waals surface area contributed by atoms with Crippen LogP contribution in [0.15, 0.2) is 42.5 Å². The van der Waals surface area contributed by atoms with Crippen LogP contribution in [-0.2, 0) is 9.53 Å². The molecule has 1 fully saturated rings.